The van der Waals surface area contributed by atoms with E-state index in [1.165, 1.54) is 0 Å². The Morgan fingerprint density at radius 3 is 2.93 bits per heavy atom. The van der Waals surface area contributed by atoms with Gasteiger partial charge < -0.3 is 10.5 Å². The average molecular weight is 206 g/mol. The third-order valence-corrected chi connectivity index (χ3v) is 2.82. The number of carbonyl (C=O) groups is 1. The highest BCUT2D eigenvalue weighted by Crippen LogP contribution is 2.32. The summed E-state index contributed by atoms with van der Waals surface area (Å²) in [6.07, 6.45) is 0.766. The molecule has 1 aromatic heterocycles. The summed E-state index contributed by atoms with van der Waals surface area (Å²) in [5.74, 6) is 0.310. The second-order valence-corrected chi connectivity index (χ2v) is 3.79. The Kier molecular flexibility index (Phi) is 2.34. The molecule has 0 saturated carbocycles. The fourth-order valence-corrected chi connectivity index (χ4v) is 2.01. The minimum atomic E-state index is -0.297. The fraction of sp³-hybridized carbons (Fsp3) is 0.455. The van der Waals surface area contributed by atoms with Crippen molar-refractivity contribution < 1.29 is 9.53 Å². The van der Waals surface area contributed by atoms with Crippen LogP contribution < -0.4 is 5.73 Å². The van der Waals surface area contributed by atoms with Gasteiger partial charge in [-0.3, -0.25) is 0 Å². The molecule has 4 nitrogen and oxygen atoms in total. The first-order valence-electron chi connectivity index (χ1n) is 5.11. The summed E-state index contributed by atoms with van der Waals surface area (Å²) in [5.41, 5.74) is 6.96. The van der Waals surface area contributed by atoms with Crippen LogP contribution in [0.4, 0.5) is 5.82 Å². The molecule has 0 bridgehead atoms. The molecule has 0 aromatic carbocycles. The number of nitrogens with two attached hydrogens (primary N) is 1. The lowest BCUT2D eigenvalue weighted by Crippen LogP contribution is -2.30. The summed E-state index contributed by atoms with van der Waals surface area (Å²) in [5, 5.41) is 0. The Morgan fingerprint density at radius 1 is 1.53 bits per heavy atom. The Balaban J connectivity index is 2.54. The van der Waals surface area contributed by atoms with E-state index in [0.29, 0.717) is 11.4 Å². The summed E-state index contributed by atoms with van der Waals surface area (Å²) in [7, 11) is 0. The molecule has 4 heteroatoms. The standard InChI is InChI=1S/C11H14N2O2/c1-3-7-6(2)15-11(14)8-4-5-9(12)13-10(7)8/h4-7H,3H2,1-2H3,(H2,12,13)/t6-,7+/m1/s1. The Morgan fingerprint density at radius 2 is 2.27 bits per heavy atom. The number of cyclic esters (lactones) is 1. The third kappa shape index (κ3) is 1.56. The van der Waals surface area contributed by atoms with Gasteiger partial charge in [0, 0.05) is 5.92 Å². The number of pyridine rings is 1. The maximum absolute atomic E-state index is 11.6. The molecular formula is C11H14N2O2. The van der Waals surface area contributed by atoms with Gasteiger partial charge in [0.2, 0.25) is 0 Å². The Labute approximate surface area is 88.4 Å². The topological polar surface area (TPSA) is 65.2 Å². The summed E-state index contributed by atoms with van der Waals surface area (Å²) in [6.45, 7) is 3.94. The first kappa shape index (κ1) is 9.96. The molecule has 0 aliphatic carbocycles. The average Bonchev–Trinajstić information content (AvgIpc) is 2.17. The van der Waals surface area contributed by atoms with E-state index >= 15 is 0 Å². The van der Waals surface area contributed by atoms with E-state index in [1.54, 1.807) is 12.1 Å². The van der Waals surface area contributed by atoms with E-state index in [1.807, 2.05) is 6.92 Å². The Hall–Kier alpha value is -1.58. The highest BCUT2D eigenvalue weighted by atomic mass is 16.5. The van der Waals surface area contributed by atoms with Gasteiger partial charge in [-0.1, -0.05) is 6.92 Å². The van der Waals surface area contributed by atoms with E-state index in [-0.39, 0.29) is 18.0 Å². The molecule has 2 rings (SSSR count). The molecule has 1 aliphatic rings. The zero-order chi connectivity index (χ0) is 11.0. The summed E-state index contributed by atoms with van der Waals surface area (Å²) in [4.78, 5) is 15.8. The van der Waals surface area contributed by atoms with Crippen molar-refractivity contribution in [3.63, 3.8) is 0 Å². The fourth-order valence-electron chi connectivity index (χ4n) is 2.01. The molecule has 0 saturated heterocycles. The van der Waals surface area contributed by atoms with Gasteiger partial charge >= 0.3 is 5.97 Å². The molecular weight excluding hydrogens is 192 g/mol. The lowest BCUT2D eigenvalue weighted by atomic mass is 9.90. The van der Waals surface area contributed by atoms with Crippen molar-refractivity contribution in [2.45, 2.75) is 32.3 Å². The molecule has 2 heterocycles. The van der Waals surface area contributed by atoms with Crippen LogP contribution in [-0.4, -0.2) is 17.1 Å². The number of ether oxygens (including phenoxy) is 1. The molecule has 0 radical (unpaired) electrons. The summed E-state index contributed by atoms with van der Waals surface area (Å²) >= 11 is 0. The number of esters is 1. The molecule has 0 amide bonds. The lowest BCUT2D eigenvalue weighted by Gasteiger charge is -2.29. The summed E-state index contributed by atoms with van der Waals surface area (Å²) < 4.78 is 5.24. The van der Waals surface area contributed by atoms with Crippen LogP contribution in [-0.2, 0) is 4.74 Å². The van der Waals surface area contributed by atoms with Crippen LogP contribution in [0.2, 0.25) is 0 Å². The van der Waals surface area contributed by atoms with E-state index in [0.717, 1.165) is 12.1 Å². The number of aromatic nitrogens is 1. The van der Waals surface area contributed by atoms with Crippen molar-refractivity contribution in [1.29, 1.82) is 0 Å². The van der Waals surface area contributed by atoms with Crippen molar-refractivity contribution in [2.75, 3.05) is 5.73 Å². The minimum Gasteiger partial charge on any atom is -0.458 e. The smallest absolute Gasteiger partial charge is 0.340 e. The Bertz CT molecular complexity index is 404. The van der Waals surface area contributed by atoms with Crippen LogP contribution in [0.15, 0.2) is 12.1 Å². The van der Waals surface area contributed by atoms with Gasteiger partial charge in [-0.25, -0.2) is 9.78 Å². The quantitative estimate of drug-likeness (QED) is 0.710. The van der Waals surface area contributed by atoms with Gasteiger partial charge in [-0.2, -0.15) is 0 Å². The molecule has 80 valence electrons. The van der Waals surface area contributed by atoms with Crippen LogP contribution in [0.25, 0.3) is 0 Å². The van der Waals surface area contributed by atoms with Gasteiger partial charge in [0.1, 0.15) is 11.9 Å². The molecule has 0 unspecified atom stereocenters. The predicted octanol–water partition coefficient (Wildman–Crippen LogP) is 1.72. The number of hydrogen-bond acceptors (Lipinski definition) is 4. The SMILES string of the molecule is CC[C@@H]1c2nc(N)ccc2C(=O)O[C@@H]1C. The number of fused-ring (bicyclic) bond motifs is 1. The third-order valence-electron chi connectivity index (χ3n) is 2.82. The van der Waals surface area contributed by atoms with Gasteiger partial charge in [-0.15, -0.1) is 0 Å². The number of carbonyl (C=O) groups excluding carboxylic acids is 1. The van der Waals surface area contributed by atoms with Crippen LogP contribution in [0, 0.1) is 0 Å². The molecule has 0 spiro atoms. The van der Waals surface area contributed by atoms with E-state index in [4.69, 9.17) is 10.5 Å². The van der Waals surface area contributed by atoms with Crippen molar-refractivity contribution in [1.82, 2.24) is 4.98 Å². The number of nitrogen functional groups attached to an aromatic ring is 1. The zero-order valence-corrected chi connectivity index (χ0v) is 8.86. The van der Waals surface area contributed by atoms with Crippen LogP contribution >= 0.6 is 0 Å². The van der Waals surface area contributed by atoms with E-state index in [2.05, 4.69) is 11.9 Å². The van der Waals surface area contributed by atoms with E-state index in [9.17, 15) is 4.79 Å². The van der Waals surface area contributed by atoms with Gasteiger partial charge in [0.25, 0.3) is 0 Å². The van der Waals surface area contributed by atoms with E-state index < -0.39 is 0 Å². The summed E-state index contributed by atoms with van der Waals surface area (Å²) in [6, 6.07) is 3.32. The first-order valence-corrected chi connectivity index (χ1v) is 5.11. The second kappa shape index (κ2) is 3.53. The number of anilines is 1. The molecule has 15 heavy (non-hydrogen) atoms. The predicted molar refractivity (Wildman–Crippen MR) is 56.6 cm³/mol. The lowest BCUT2D eigenvalue weighted by molar-refractivity contribution is 0.0215. The minimum absolute atomic E-state index is 0.121. The van der Waals surface area contributed by atoms with Gasteiger partial charge in [0.05, 0.1) is 11.3 Å². The normalized spacial score (nSPS) is 24.5. The number of hydrogen-bond donors (Lipinski definition) is 1. The number of nitrogens with zero attached hydrogens (tertiary/aromatic N) is 1. The monoisotopic (exact) mass is 206 g/mol. The highest BCUT2D eigenvalue weighted by Gasteiger charge is 2.32. The van der Waals surface area contributed by atoms with Crippen LogP contribution in [0.5, 0.6) is 0 Å². The number of rotatable bonds is 1. The van der Waals surface area contributed by atoms with Crippen LogP contribution in [0.1, 0.15) is 42.2 Å². The molecule has 2 N–H and O–H groups in total. The van der Waals surface area contributed by atoms with Gasteiger partial charge in [-0.05, 0) is 25.5 Å². The molecule has 0 fully saturated rings. The largest absolute Gasteiger partial charge is 0.458 e. The van der Waals surface area contributed by atoms with Crippen molar-refractivity contribution in [2.24, 2.45) is 0 Å². The molecule has 1 aromatic rings. The van der Waals surface area contributed by atoms with Crippen molar-refractivity contribution in [3.8, 4) is 0 Å². The highest BCUT2D eigenvalue weighted by molar-refractivity contribution is 5.92. The van der Waals surface area contributed by atoms with Crippen LogP contribution in [0.3, 0.4) is 0 Å². The molecule has 1 aliphatic heterocycles. The van der Waals surface area contributed by atoms with Crippen molar-refractivity contribution in [3.05, 3.63) is 23.4 Å². The van der Waals surface area contributed by atoms with Gasteiger partial charge in [0.15, 0.2) is 0 Å². The molecule has 2 atom stereocenters. The maximum atomic E-state index is 11.6. The maximum Gasteiger partial charge on any atom is 0.340 e. The second-order valence-electron chi connectivity index (χ2n) is 3.79. The first-order chi connectivity index (χ1) is 7.13. The zero-order valence-electron chi connectivity index (χ0n) is 8.86. The van der Waals surface area contributed by atoms with Crippen molar-refractivity contribution >= 4 is 11.8 Å².